The van der Waals surface area contributed by atoms with Crippen molar-refractivity contribution in [2.45, 2.75) is 26.3 Å². The summed E-state index contributed by atoms with van der Waals surface area (Å²) in [5.74, 6) is -0.0359. The smallest absolute Gasteiger partial charge is 0.310 e. The van der Waals surface area contributed by atoms with Gasteiger partial charge in [-0.25, -0.2) is 0 Å². The van der Waals surface area contributed by atoms with Gasteiger partial charge in [0.2, 0.25) is 0 Å². The highest BCUT2D eigenvalue weighted by molar-refractivity contribution is 6.30. The number of halogens is 1. The molecule has 1 aliphatic rings. The minimum Gasteiger partial charge on any atom is -0.466 e. The van der Waals surface area contributed by atoms with E-state index in [9.17, 15) is 4.79 Å². The molecular formula is C15H20ClNO2. The molecule has 19 heavy (non-hydrogen) atoms. The molecule has 104 valence electrons. The van der Waals surface area contributed by atoms with E-state index in [-0.39, 0.29) is 11.9 Å². The van der Waals surface area contributed by atoms with E-state index in [1.807, 2.05) is 25.1 Å². The van der Waals surface area contributed by atoms with Gasteiger partial charge in [0.25, 0.3) is 0 Å². The molecule has 0 aliphatic carbocycles. The van der Waals surface area contributed by atoms with Crippen LogP contribution < -0.4 is 0 Å². The molecule has 1 fully saturated rings. The van der Waals surface area contributed by atoms with E-state index in [2.05, 4.69) is 11.0 Å². The Morgan fingerprint density at radius 2 is 2.37 bits per heavy atom. The molecular weight excluding hydrogens is 262 g/mol. The molecule has 0 N–H and O–H groups in total. The third-order valence-electron chi connectivity index (χ3n) is 3.42. The number of esters is 1. The van der Waals surface area contributed by atoms with Crippen molar-refractivity contribution >= 4 is 17.6 Å². The predicted molar refractivity (Wildman–Crippen MR) is 76.1 cm³/mol. The lowest BCUT2D eigenvalue weighted by atomic mass is 9.98. The lowest BCUT2D eigenvalue weighted by Gasteiger charge is -2.31. The third-order valence-corrected chi connectivity index (χ3v) is 3.66. The standard InChI is InChI=1S/C15H20ClNO2/c1-2-19-15(18)13-6-4-8-17(11-13)10-12-5-3-7-14(16)9-12/h3,5,7,9,13H,2,4,6,8,10-11H2,1H3/t13-/m1/s1. The molecule has 1 atom stereocenters. The topological polar surface area (TPSA) is 29.5 Å². The largest absolute Gasteiger partial charge is 0.466 e. The monoisotopic (exact) mass is 281 g/mol. The SMILES string of the molecule is CCOC(=O)[C@@H]1CCCN(Cc2cccc(Cl)c2)C1. The molecule has 3 nitrogen and oxygen atoms in total. The molecule has 1 aromatic rings. The zero-order chi connectivity index (χ0) is 13.7. The zero-order valence-corrected chi connectivity index (χ0v) is 12.0. The maximum Gasteiger partial charge on any atom is 0.310 e. The van der Waals surface area contributed by atoms with Crippen LogP contribution in [0.15, 0.2) is 24.3 Å². The first-order valence-corrected chi connectivity index (χ1v) is 7.20. The molecule has 0 radical (unpaired) electrons. The summed E-state index contributed by atoms with van der Waals surface area (Å²) in [5.41, 5.74) is 1.19. The number of likely N-dealkylation sites (tertiary alicyclic amines) is 1. The van der Waals surface area contributed by atoms with Gasteiger partial charge in [-0.2, -0.15) is 0 Å². The molecule has 1 heterocycles. The summed E-state index contributed by atoms with van der Waals surface area (Å²) in [6.07, 6.45) is 1.98. The molecule has 4 heteroatoms. The maximum atomic E-state index is 11.8. The van der Waals surface area contributed by atoms with E-state index >= 15 is 0 Å². The molecule has 1 aromatic carbocycles. The van der Waals surface area contributed by atoms with Crippen molar-refractivity contribution in [1.82, 2.24) is 4.90 Å². The van der Waals surface area contributed by atoms with Crippen molar-refractivity contribution in [3.8, 4) is 0 Å². The summed E-state index contributed by atoms with van der Waals surface area (Å²) in [7, 11) is 0. The first-order chi connectivity index (χ1) is 9.19. The average molecular weight is 282 g/mol. The first kappa shape index (κ1) is 14.4. The lowest BCUT2D eigenvalue weighted by Crippen LogP contribution is -2.38. The van der Waals surface area contributed by atoms with Crippen LogP contribution in [0.5, 0.6) is 0 Å². The number of ether oxygens (including phenoxy) is 1. The van der Waals surface area contributed by atoms with E-state index in [4.69, 9.17) is 16.3 Å². The van der Waals surface area contributed by atoms with Gasteiger partial charge in [-0.15, -0.1) is 0 Å². The molecule has 0 saturated carbocycles. The van der Waals surface area contributed by atoms with Crippen LogP contribution in [0.3, 0.4) is 0 Å². The number of benzene rings is 1. The van der Waals surface area contributed by atoms with Crippen LogP contribution in [0.4, 0.5) is 0 Å². The van der Waals surface area contributed by atoms with E-state index in [1.165, 1.54) is 5.56 Å². The molecule has 0 bridgehead atoms. The molecule has 0 aromatic heterocycles. The summed E-state index contributed by atoms with van der Waals surface area (Å²) in [6, 6.07) is 7.89. The molecule has 0 spiro atoms. The Kier molecular flexibility index (Phi) is 5.23. The number of hydrogen-bond acceptors (Lipinski definition) is 3. The van der Waals surface area contributed by atoms with Crippen LogP contribution in [0.25, 0.3) is 0 Å². The van der Waals surface area contributed by atoms with Gasteiger partial charge in [-0.1, -0.05) is 23.7 Å². The Balaban J connectivity index is 1.92. The minimum atomic E-state index is -0.0571. The lowest BCUT2D eigenvalue weighted by molar-refractivity contribution is -0.150. The highest BCUT2D eigenvalue weighted by Gasteiger charge is 2.26. The van der Waals surface area contributed by atoms with Crippen molar-refractivity contribution in [2.75, 3.05) is 19.7 Å². The van der Waals surface area contributed by atoms with Crippen molar-refractivity contribution in [3.63, 3.8) is 0 Å². The third kappa shape index (κ3) is 4.22. The zero-order valence-electron chi connectivity index (χ0n) is 11.3. The van der Waals surface area contributed by atoms with Gasteiger partial charge < -0.3 is 4.74 Å². The quantitative estimate of drug-likeness (QED) is 0.794. The molecule has 2 rings (SSSR count). The van der Waals surface area contributed by atoms with E-state index < -0.39 is 0 Å². The van der Waals surface area contributed by atoms with Gasteiger partial charge in [-0.3, -0.25) is 9.69 Å². The van der Waals surface area contributed by atoms with Crippen LogP contribution >= 0.6 is 11.6 Å². The summed E-state index contributed by atoms with van der Waals surface area (Å²) in [5, 5.41) is 0.761. The number of hydrogen-bond donors (Lipinski definition) is 0. The second-order valence-corrected chi connectivity index (χ2v) is 5.39. The summed E-state index contributed by atoms with van der Waals surface area (Å²) in [6.45, 7) is 4.97. The molecule has 0 amide bonds. The Morgan fingerprint density at radius 1 is 1.53 bits per heavy atom. The number of rotatable bonds is 4. The van der Waals surface area contributed by atoms with Gasteiger partial charge in [0.1, 0.15) is 0 Å². The molecule has 0 unspecified atom stereocenters. The average Bonchev–Trinajstić information content (AvgIpc) is 2.39. The normalized spacial score (nSPS) is 20.2. The van der Waals surface area contributed by atoms with Crippen LogP contribution in [-0.4, -0.2) is 30.6 Å². The predicted octanol–water partition coefficient (Wildman–Crippen LogP) is 3.12. The van der Waals surface area contributed by atoms with Crippen molar-refractivity contribution in [1.29, 1.82) is 0 Å². The fourth-order valence-electron chi connectivity index (χ4n) is 2.55. The van der Waals surface area contributed by atoms with Gasteiger partial charge >= 0.3 is 5.97 Å². The van der Waals surface area contributed by atoms with Gasteiger partial charge in [0, 0.05) is 18.1 Å². The van der Waals surface area contributed by atoms with E-state index in [0.29, 0.717) is 6.61 Å². The van der Waals surface area contributed by atoms with E-state index in [0.717, 1.165) is 37.5 Å². The Hall–Kier alpha value is -1.06. The fourth-order valence-corrected chi connectivity index (χ4v) is 2.76. The molecule has 1 saturated heterocycles. The number of nitrogens with zero attached hydrogens (tertiary/aromatic N) is 1. The van der Waals surface area contributed by atoms with Crippen molar-refractivity contribution in [3.05, 3.63) is 34.9 Å². The number of carbonyl (C=O) groups is 1. The second kappa shape index (κ2) is 6.92. The van der Waals surface area contributed by atoms with Gasteiger partial charge in [-0.05, 0) is 44.0 Å². The summed E-state index contributed by atoms with van der Waals surface area (Å²) in [4.78, 5) is 14.1. The van der Waals surface area contributed by atoms with Crippen LogP contribution in [0.2, 0.25) is 5.02 Å². The van der Waals surface area contributed by atoms with Gasteiger partial charge in [0.05, 0.1) is 12.5 Å². The maximum absolute atomic E-state index is 11.8. The Morgan fingerprint density at radius 3 is 3.11 bits per heavy atom. The Labute approximate surface area is 119 Å². The minimum absolute atomic E-state index is 0.0212. The van der Waals surface area contributed by atoms with Crippen molar-refractivity contribution in [2.24, 2.45) is 5.92 Å². The first-order valence-electron chi connectivity index (χ1n) is 6.82. The Bertz CT molecular complexity index is 436. The fraction of sp³-hybridized carbons (Fsp3) is 0.533. The van der Waals surface area contributed by atoms with Gasteiger partial charge in [0.15, 0.2) is 0 Å². The van der Waals surface area contributed by atoms with Crippen LogP contribution in [0, 0.1) is 5.92 Å². The number of piperidine rings is 1. The summed E-state index contributed by atoms with van der Waals surface area (Å²) >= 11 is 5.99. The summed E-state index contributed by atoms with van der Waals surface area (Å²) < 4.78 is 5.11. The highest BCUT2D eigenvalue weighted by Crippen LogP contribution is 2.20. The van der Waals surface area contributed by atoms with Crippen molar-refractivity contribution < 1.29 is 9.53 Å². The van der Waals surface area contributed by atoms with Crippen LogP contribution in [-0.2, 0) is 16.1 Å². The number of carbonyl (C=O) groups excluding carboxylic acids is 1. The highest BCUT2D eigenvalue weighted by atomic mass is 35.5. The molecule has 1 aliphatic heterocycles. The van der Waals surface area contributed by atoms with Crippen LogP contribution in [0.1, 0.15) is 25.3 Å². The second-order valence-electron chi connectivity index (χ2n) is 4.96. The van der Waals surface area contributed by atoms with E-state index in [1.54, 1.807) is 0 Å².